The Labute approximate surface area is 101 Å². The van der Waals surface area contributed by atoms with E-state index in [9.17, 15) is 0 Å². The molecular formula is C10H7BrClN3. The fourth-order valence-electron chi connectivity index (χ4n) is 1.10. The predicted octanol–water partition coefficient (Wildman–Crippen LogP) is 3.64. The van der Waals surface area contributed by atoms with Gasteiger partial charge in [0.2, 0.25) is 0 Å². The largest absolute Gasteiger partial charge is 0.339 e. The maximum atomic E-state index is 6.00. The van der Waals surface area contributed by atoms with E-state index >= 15 is 0 Å². The fourth-order valence-corrected chi connectivity index (χ4v) is 1.59. The van der Waals surface area contributed by atoms with Gasteiger partial charge in [-0.15, -0.1) is 0 Å². The smallest absolute Gasteiger partial charge is 0.134 e. The molecule has 1 N–H and O–H groups in total. The summed E-state index contributed by atoms with van der Waals surface area (Å²) in [6.07, 6.45) is 1.48. The van der Waals surface area contributed by atoms with Gasteiger partial charge in [0.05, 0.1) is 10.7 Å². The molecule has 0 saturated heterocycles. The van der Waals surface area contributed by atoms with Gasteiger partial charge in [0.1, 0.15) is 16.7 Å². The first kappa shape index (κ1) is 10.4. The van der Waals surface area contributed by atoms with Crippen LogP contribution >= 0.6 is 27.5 Å². The average molecular weight is 285 g/mol. The minimum Gasteiger partial charge on any atom is -0.339 e. The molecule has 1 aromatic carbocycles. The lowest BCUT2D eigenvalue weighted by Crippen LogP contribution is -1.94. The number of anilines is 2. The van der Waals surface area contributed by atoms with E-state index in [1.165, 1.54) is 6.33 Å². The Balaban J connectivity index is 2.26. The Morgan fingerprint density at radius 2 is 2.00 bits per heavy atom. The van der Waals surface area contributed by atoms with Crippen molar-refractivity contribution in [3.05, 3.63) is 46.3 Å². The van der Waals surface area contributed by atoms with Crippen molar-refractivity contribution in [3.8, 4) is 0 Å². The molecule has 0 radical (unpaired) electrons. The third kappa shape index (κ3) is 2.67. The number of rotatable bonds is 2. The van der Waals surface area contributed by atoms with Crippen LogP contribution in [-0.4, -0.2) is 9.97 Å². The molecule has 0 aliphatic carbocycles. The molecule has 15 heavy (non-hydrogen) atoms. The van der Waals surface area contributed by atoms with Crippen LogP contribution in [0.25, 0.3) is 0 Å². The summed E-state index contributed by atoms with van der Waals surface area (Å²) in [6, 6.07) is 9.27. The molecule has 0 unspecified atom stereocenters. The van der Waals surface area contributed by atoms with Crippen molar-refractivity contribution in [1.29, 1.82) is 0 Å². The molecule has 0 bridgehead atoms. The molecular weight excluding hydrogens is 277 g/mol. The van der Waals surface area contributed by atoms with Gasteiger partial charge in [-0.2, -0.15) is 0 Å². The average Bonchev–Trinajstić information content (AvgIpc) is 2.22. The zero-order chi connectivity index (χ0) is 10.7. The lowest BCUT2D eigenvalue weighted by atomic mass is 10.3. The maximum absolute atomic E-state index is 6.00. The van der Waals surface area contributed by atoms with Gasteiger partial charge in [0.25, 0.3) is 0 Å². The predicted molar refractivity (Wildman–Crippen MR) is 64.5 cm³/mol. The zero-order valence-electron chi connectivity index (χ0n) is 7.61. The van der Waals surface area contributed by atoms with Crippen molar-refractivity contribution in [1.82, 2.24) is 9.97 Å². The quantitative estimate of drug-likeness (QED) is 0.856. The highest BCUT2D eigenvalue weighted by atomic mass is 79.9. The van der Waals surface area contributed by atoms with E-state index < -0.39 is 0 Å². The number of hydrogen-bond donors (Lipinski definition) is 1. The summed E-state index contributed by atoms with van der Waals surface area (Å²) in [7, 11) is 0. The normalized spacial score (nSPS) is 10.0. The van der Waals surface area contributed by atoms with Gasteiger partial charge in [0.15, 0.2) is 0 Å². The van der Waals surface area contributed by atoms with Crippen LogP contribution in [0.5, 0.6) is 0 Å². The molecule has 0 aliphatic heterocycles. The van der Waals surface area contributed by atoms with E-state index in [4.69, 9.17) is 11.6 Å². The van der Waals surface area contributed by atoms with Gasteiger partial charge in [-0.05, 0) is 28.1 Å². The molecule has 0 fully saturated rings. The Hall–Kier alpha value is -1.13. The van der Waals surface area contributed by atoms with Crippen LogP contribution in [0.1, 0.15) is 0 Å². The highest BCUT2D eigenvalue weighted by Crippen LogP contribution is 2.24. The first-order valence-electron chi connectivity index (χ1n) is 4.25. The van der Waals surface area contributed by atoms with Crippen LogP contribution in [0.2, 0.25) is 5.02 Å². The van der Waals surface area contributed by atoms with Crippen molar-refractivity contribution < 1.29 is 0 Å². The molecule has 0 spiro atoms. The molecule has 0 aliphatic rings. The lowest BCUT2D eigenvalue weighted by Gasteiger charge is -2.06. The first-order chi connectivity index (χ1) is 7.25. The zero-order valence-corrected chi connectivity index (χ0v) is 9.96. The van der Waals surface area contributed by atoms with Gasteiger partial charge >= 0.3 is 0 Å². The highest BCUT2D eigenvalue weighted by molar-refractivity contribution is 9.10. The Kier molecular flexibility index (Phi) is 3.18. The van der Waals surface area contributed by atoms with Gasteiger partial charge in [-0.3, -0.25) is 0 Å². The summed E-state index contributed by atoms with van der Waals surface area (Å²) in [6.45, 7) is 0. The van der Waals surface area contributed by atoms with E-state index in [0.29, 0.717) is 10.8 Å². The summed E-state index contributed by atoms with van der Waals surface area (Å²) in [4.78, 5) is 8.00. The van der Waals surface area contributed by atoms with Crippen molar-refractivity contribution in [2.24, 2.45) is 0 Å². The van der Waals surface area contributed by atoms with E-state index in [-0.39, 0.29) is 0 Å². The van der Waals surface area contributed by atoms with E-state index in [0.717, 1.165) is 10.3 Å². The van der Waals surface area contributed by atoms with Crippen molar-refractivity contribution in [3.63, 3.8) is 0 Å². The minimum atomic E-state index is 0.659. The second kappa shape index (κ2) is 4.59. The maximum Gasteiger partial charge on any atom is 0.134 e. The Morgan fingerprint density at radius 1 is 1.20 bits per heavy atom. The number of halogens is 2. The number of aromatic nitrogens is 2. The first-order valence-corrected chi connectivity index (χ1v) is 5.42. The topological polar surface area (TPSA) is 37.8 Å². The number of para-hydroxylation sites is 1. The number of nitrogens with zero attached hydrogens (tertiary/aromatic N) is 2. The molecule has 76 valence electrons. The van der Waals surface area contributed by atoms with Crippen molar-refractivity contribution in [2.45, 2.75) is 0 Å². The summed E-state index contributed by atoms with van der Waals surface area (Å²) < 4.78 is 0.729. The summed E-state index contributed by atoms with van der Waals surface area (Å²) in [5.74, 6) is 0.699. The number of nitrogens with one attached hydrogen (secondary N) is 1. The monoisotopic (exact) mass is 283 g/mol. The summed E-state index contributed by atoms with van der Waals surface area (Å²) in [5, 5.41) is 3.76. The second-order valence-electron chi connectivity index (χ2n) is 2.83. The van der Waals surface area contributed by atoms with Crippen LogP contribution in [-0.2, 0) is 0 Å². The molecule has 2 aromatic rings. The van der Waals surface area contributed by atoms with Crippen LogP contribution in [0.4, 0.5) is 11.5 Å². The standard InChI is InChI=1S/C10H7BrClN3/c11-9-5-10(14-6-13-9)15-8-4-2-1-3-7(8)12/h1-6H,(H,13,14,15). The third-order valence-corrected chi connectivity index (χ3v) is 2.53. The molecule has 2 rings (SSSR count). The minimum absolute atomic E-state index is 0.659. The van der Waals surface area contributed by atoms with Crippen LogP contribution in [0, 0.1) is 0 Å². The molecule has 0 amide bonds. The summed E-state index contributed by atoms with van der Waals surface area (Å²) in [5.41, 5.74) is 0.824. The highest BCUT2D eigenvalue weighted by Gasteiger charge is 2.00. The van der Waals surface area contributed by atoms with Crippen LogP contribution in [0.15, 0.2) is 41.3 Å². The van der Waals surface area contributed by atoms with Crippen LogP contribution < -0.4 is 5.32 Å². The van der Waals surface area contributed by atoms with Crippen molar-refractivity contribution in [2.75, 3.05) is 5.32 Å². The Morgan fingerprint density at radius 3 is 2.73 bits per heavy atom. The molecule has 0 saturated carbocycles. The lowest BCUT2D eigenvalue weighted by molar-refractivity contribution is 1.14. The van der Waals surface area contributed by atoms with E-state index in [1.54, 1.807) is 6.07 Å². The summed E-state index contributed by atoms with van der Waals surface area (Å²) >= 11 is 9.27. The van der Waals surface area contributed by atoms with Crippen molar-refractivity contribution >= 4 is 39.0 Å². The molecule has 3 nitrogen and oxygen atoms in total. The molecule has 0 atom stereocenters. The van der Waals surface area contributed by atoms with E-state index in [2.05, 4.69) is 31.2 Å². The van der Waals surface area contributed by atoms with Gasteiger partial charge in [0, 0.05) is 6.07 Å². The number of benzene rings is 1. The third-order valence-electron chi connectivity index (χ3n) is 1.77. The van der Waals surface area contributed by atoms with Gasteiger partial charge in [-0.1, -0.05) is 23.7 Å². The Bertz CT molecular complexity index is 476. The number of hydrogen-bond acceptors (Lipinski definition) is 3. The van der Waals surface area contributed by atoms with Gasteiger partial charge < -0.3 is 5.32 Å². The SMILES string of the molecule is Clc1ccccc1Nc1cc(Br)ncn1. The van der Waals surface area contributed by atoms with E-state index in [1.807, 2.05) is 24.3 Å². The fraction of sp³-hybridized carbons (Fsp3) is 0. The molecule has 1 heterocycles. The van der Waals surface area contributed by atoms with Gasteiger partial charge in [-0.25, -0.2) is 9.97 Å². The second-order valence-corrected chi connectivity index (χ2v) is 4.05. The van der Waals surface area contributed by atoms with Crippen LogP contribution in [0.3, 0.4) is 0 Å². The molecule has 5 heteroatoms. The molecule has 1 aromatic heterocycles.